The van der Waals surface area contributed by atoms with E-state index in [9.17, 15) is 28.8 Å². The Morgan fingerprint density at radius 2 is 1.01 bits per heavy atom. The van der Waals surface area contributed by atoms with Crippen LogP contribution in [0, 0.1) is 0 Å². The van der Waals surface area contributed by atoms with Gasteiger partial charge in [0, 0.05) is 28.1 Å². The van der Waals surface area contributed by atoms with Crippen LogP contribution in [-0.2, 0) is 34.0 Å². The van der Waals surface area contributed by atoms with Gasteiger partial charge in [-0.05, 0) is 126 Å². The maximum absolute atomic E-state index is 12.8. The smallest absolute Gasteiger partial charge is 0.335 e. The molecule has 2 saturated heterocycles. The van der Waals surface area contributed by atoms with Crippen LogP contribution in [0.2, 0.25) is 30.1 Å². The van der Waals surface area contributed by atoms with Gasteiger partial charge in [0.1, 0.15) is 31.8 Å². The standard InChI is InChI=1S/C22H13Cl2NO4S2.C12H8O4.C10H7Cl2NOS2.C7H7Cl2N.C2H3ClO2.CS2/c23-16-7-1-12(9-17(16)24)11-25-20(26)19(31-22(25)30)10-15-6-8-18(29-15)13-2-4-14(5-3-13)21(27)28;13-7-10-5-6-11(16-10)8-1-3-9(4-2-8)12(14)15;11-7-2-1-6(3-8(7)12)4-13-9(14)5-16-10(13)15;8-6-2-1-5(4-10)3-7(6)9;3-1-2(4)5;2-1-3/h1-10H,11H2,(H,27,28);1-7H,(H,14,15);1-3H,4-5H2;1-3H,4,10H2;1H2,(H,4,5);/b19-10-;;;;;. The van der Waals surface area contributed by atoms with E-state index in [0.29, 0.717) is 86.1 Å². The van der Waals surface area contributed by atoms with E-state index in [1.807, 2.05) is 16.4 Å². The number of halogens is 7. The number of amides is 2. The lowest BCUT2D eigenvalue weighted by molar-refractivity contribution is -0.134. The number of carbonyl (C=O) groups is 6. The van der Waals surface area contributed by atoms with Gasteiger partial charge in [-0.1, -0.05) is 160 Å². The summed E-state index contributed by atoms with van der Waals surface area (Å²) in [7, 11) is 0. The van der Waals surface area contributed by atoms with Crippen LogP contribution < -0.4 is 5.73 Å². The van der Waals surface area contributed by atoms with Crippen LogP contribution in [0.15, 0.2) is 141 Å². The first kappa shape index (κ1) is 68.0. The predicted octanol–water partition coefficient (Wildman–Crippen LogP) is 15.9. The second-order valence-corrected chi connectivity index (χ2v) is 22.3. The number of aromatic carboxylic acids is 2. The molecule has 0 bridgehead atoms. The lowest BCUT2D eigenvalue weighted by Crippen LogP contribution is -2.27. The SMILES string of the molecule is NCc1ccc(Cl)c(Cl)c1.O=C(O)CCl.O=C(O)c1ccc(-c2ccc(/C=C3\SC(=S)N(Cc4ccc(Cl)c(Cl)c4)C3=O)o2)cc1.O=C1CSC(=S)N1Cc1ccc(Cl)c(Cl)c1.O=Cc1ccc(-c2ccc(C(=O)O)cc2)o1.S=C=S. The maximum Gasteiger partial charge on any atom is 0.335 e. The van der Waals surface area contributed by atoms with E-state index in [0.717, 1.165) is 27.8 Å². The summed E-state index contributed by atoms with van der Waals surface area (Å²) in [6, 6.07) is 35.2. The molecule has 0 aliphatic carbocycles. The molecule has 9 rings (SSSR count). The van der Waals surface area contributed by atoms with Crippen molar-refractivity contribution in [3.05, 3.63) is 202 Å². The number of carboxylic acid groups (broad SMARTS) is 3. The van der Waals surface area contributed by atoms with Gasteiger partial charge in [-0.2, -0.15) is 0 Å². The summed E-state index contributed by atoms with van der Waals surface area (Å²) >= 11 is 60.8. The van der Waals surface area contributed by atoms with Crippen LogP contribution in [0.25, 0.3) is 28.7 Å². The molecule has 2 fully saturated rings. The number of thiocarbonyl (C=S) groups is 4. The van der Waals surface area contributed by atoms with Crippen molar-refractivity contribution in [1.29, 1.82) is 0 Å². The monoisotopic (exact) mass is 1340 g/mol. The predicted molar refractivity (Wildman–Crippen MR) is 338 cm³/mol. The molecule has 0 spiro atoms. The topological polar surface area (TPSA) is 222 Å². The van der Waals surface area contributed by atoms with Crippen LogP contribution in [0.3, 0.4) is 0 Å². The normalized spacial score (nSPS) is 12.7. The quantitative estimate of drug-likeness (QED) is 0.0386. The number of hydrogen-bond acceptors (Lipinski definition) is 15. The number of alkyl halides is 1. The van der Waals surface area contributed by atoms with E-state index in [1.165, 1.54) is 52.7 Å². The molecule has 4 heterocycles. The fourth-order valence-electron chi connectivity index (χ4n) is 6.32. The molecule has 420 valence electrons. The number of nitrogens with zero attached hydrogens (tertiary/aromatic N) is 2. The van der Waals surface area contributed by atoms with E-state index in [-0.39, 0.29) is 41.1 Å². The van der Waals surface area contributed by atoms with Gasteiger partial charge in [-0.15, -0.1) is 11.6 Å². The molecule has 5 N–H and O–H groups in total. The van der Waals surface area contributed by atoms with Crippen LogP contribution in [-0.4, -0.2) is 85.7 Å². The lowest BCUT2D eigenvalue weighted by atomic mass is 10.1. The zero-order valence-corrected chi connectivity index (χ0v) is 51.2. The van der Waals surface area contributed by atoms with E-state index < -0.39 is 17.9 Å². The third-order valence-electron chi connectivity index (χ3n) is 10.2. The van der Waals surface area contributed by atoms with E-state index in [2.05, 4.69) is 24.4 Å². The largest absolute Gasteiger partial charge is 0.480 e. The second-order valence-electron chi connectivity index (χ2n) is 15.6. The van der Waals surface area contributed by atoms with Gasteiger partial charge in [0.25, 0.3) is 5.91 Å². The van der Waals surface area contributed by atoms with Crippen molar-refractivity contribution in [3.8, 4) is 22.6 Å². The molecule has 7 aromatic rings. The fraction of sp³-hybridized carbons (Fsp3) is 0.0926. The van der Waals surface area contributed by atoms with Crippen molar-refractivity contribution in [1.82, 2.24) is 9.80 Å². The molecule has 5 aromatic carbocycles. The molecule has 14 nitrogen and oxygen atoms in total. The van der Waals surface area contributed by atoms with Crippen molar-refractivity contribution < 1.29 is 52.9 Å². The molecular weight excluding hydrogens is 1310 g/mol. The first-order chi connectivity index (χ1) is 38.5. The number of aliphatic carboxylic acids is 1. The summed E-state index contributed by atoms with van der Waals surface area (Å²) in [6.45, 7) is 1.25. The lowest BCUT2D eigenvalue weighted by Gasteiger charge is -2.15. The summed E-state index contributed by atoms with van der Waals surface area (Å²) < 4.78 is 14.0. The van der Waals surface area contributed by atoms with Crippen molar-refractivity contribution in [2.75, 3.05) is 11.6 Å². The zero-order valence-electron chi connectivity index (χ0n) is 41.0. The first-order valence-electron chi connectivity index (χ1n) is 22.4. The Morgan fingerprint density at radius 1 is 0.605 bits per heavy atom. The minimum atomic E-state index is -0.991. The van der Waals surface area contributed by atoms with Gasteiger partial charge in [0.2, 0.25) is 5.91 Å². The molecule has 0 radical (unpaired) electrons. The third kappa shape index (κ3) is 21.7. The third-order valence-corrected chi connectivity index (χ3v) is 15.4. The number of aldehydes is 1. The van der Waals surface area contributed by atoms with Crippen LogP contribution >= 0.6 is 154 Å². The molecule has 0 atom stereocenters. The average molecular weight is 1350 g/mol. The van der Waals surface area contributed by atoms with Gasteiger partial charge >= 0.3 is 17.9 Å². The molecular formula is C54H38Cl7N3O11S6. The second kappa shape index (κ2) is 34.2. The first-order valence-corrected chi connectivity index (χ1v) is 28.6. The van der Waals surface area contributed by atoms with Gasteiger partial charge in [0.05, 0.1) is 65.0 Å². The fourth-order valence-corrected chi connectivity index (χ4v) is 9.58. The molecule has 81 heavy (non-hydrogen) atoms. The molecule has 2 aliphatic heterocycles. The van der Waals surface area contributed by atoms with Crippen molar-refractivity contribution in [2.24, 2.45) is 5.73 Å². The summed E-state index contributed by atoms with van der Waals surface area (Å²) in [5.41, 5.74) is 9.98. The molecule has 2 aromatic heterocycles. The number of nitrogens with two attached hydrogens (primary N) is 1. The van der Waals surface area contributed by atoms with Crippen molar-refractivity contribution in [2.45, 2.75) is 19.6 Å². The number of hydrogen-bond donors (Lipinski definition) is 4. The van der Waals surface area contributed by atoms with Crippen LogP contribution in [0.1, 0.15) is 53.7 Å². The number of thioether (sulfide) groups is 2. The molecule has 2 aliphatic rings. The van der Waals surface area contributed by atoms with E-state index in [4.69, 9.17) is 136 Å². The van der Waals surface area contributed by atoms with Gasteiger partial charge < -0.3 is 29.9 Å². The zero-order chi connectivity index (χ0) is 59.9. The summed E-state index contributed by atoms with van der Waals surface area (Å²) in [4.78, 5) is 69.2. The number of benzene rings is 5. The molecule has 0 saturated carbocycles. The molecule has 2 amide bonds. The van der Waals surface area contributed by atoms with Crippen molar-refractivity contribution >= 4 is 209 Å². The minimum absolute atomic E-state index is 0.0427. The Hall–Kier alpha value is -5.49. The highest BCUT2D eigenvalue weighted by molar-refractivity contribution is 8.26. The highest BCUT2D eigenvalue weighted by Crippen LogP contribution is 2.36. The Bertz CT molecular complexity index is 3490. The number of carbonyl (C=O) groups excluding carboxylic acids is 3. The highest BCUT2D eigenvalue weighted by Gasteiger charge is 2.32. The Kier molecular flexibility index (Phi) is 28.7. The summed E-state index contributed by atoms with van der Waals surface area (Å²) in [6.07, 6.45) is 2.26. The van der Waals surface area contributed by atoms with E-state index >= 15 is 0 Å². The van der Waals surface area contributed by atoms with Crippen LogP contribution in [0.5, 0.6) is 0 Å². The number of rotatable bonds is 12. The Balaban J connectivity index is 0.000000239. The highest BCUT2D eigenvalue weighted by atomic mass is 35.5. The average Bonchev–Trinajstić information content (AvgIpc) is 4.27. The number of carboxylic acids is 3. The van der Waals surface area contributed by atoms with Gasteiger partial charge in [-0.3, -0.25) is 29.0 Å². The summed E-state index contributed by atoms with van der Waals surface area (Å²) in [5.74, 6) is -1.15. The van der Waals surface area contributed by atoms with Gasteiger partial charge in [-0.25, -0.2) is 9.59 Å². The Labute approximate surface area is 528 Å². The van der Waals surface area contributed by atoms with E-state index in [1.54, 1.807) is 102 Å². The van der Waals surface area contributed by atoms with Gasteiger partial charge in [0.15, 0.2) is 12.0 Å². The maximum atomic E-state index is 12.8. The summed E-state index contributed by atoms with van der Waals surface area (Å²) in [5, 5.41) is 28.3. The minimum Gasteiger partial charge on any atom is -0.480 e. The van der Waals surface area contributed by atoms with Crippen LogP contribution in [0.4, 0.5) is 0 Å². The number of furan rings is 2. The molecule has 0 unspecified atom stereocenters. The Morgan fingerprint density at radius 3 is 1.38 bits per heavy atom. The van der Waals surface area contributed by atoms with Crippen molar-refractivity contribution in [3.63, 3.8) is 0 Å². The molecule has 27 heteroatoms.